The Balaban J connectivity index is 2.28. The summed E-state index contributed by atoms with van der Waals surface area (Å²) < 4.78 is 0. The molecule has 3 aliphatic carbocycles. The van der Waals surface area contributed by atoms with Crippen molar-refractivity contribution in [1.82, 2.24) is 0 Å². The van der Waals surface area contributed by atoms with E-state index in [4.69, 9.17) is 0 Å². The third-order valence-corrected chi connectivity index (χ3v) is 7.51. The normalized spacial score (nSPS) is 49.0. The van der Waals surface area contributed by atoms with E-state index in [0.29, 0.717) is 11.1 Å². The number of hydrogen-bond acceptors (Lipinski definition) is 5. The van der Waals surface area contributed by atoms with Crippen LogP contribution in [0.15, 0.2) is 23.3 Å². The number of aliphatic hydroxyl groups is 4. The maximum Gasteiger partial charge on any atom is 0.190 e. The first-order chi connectivity index (χ1) is 11.4. The number of carbonyl (C=O) groups is 1. The molecule has 0 aromatic carbocycles. The average Bonchev–Trinajstić information content (AvgIpc) is 2.72. The molecular weight excluding hydrogens is 320 g/mol. The van der Waals surface area contributed by atoms with Gasteiger partial charge >= 0.3 is 0 Å². The third kappa shape index (κ3) is 2.19. The molecule has 0 saturated heterocycles. The van der Waals surface area contributed by atoms with Gasteiger partial charge in [-0.1, -0.05) is 39.8 Å². The van der Waals surface area contributed by atoms with Crippen molar-refractivity contribution in [3.63, 3.8) is 0 Å². The van der Waals surface area contributed by atoms with E-state index in [1.165, 1.54) is 0 Å². The fourth-order valence-electron chi connectivity index (χ4n) is 5.54. The van der Waals surface area contributed by atoms with Gasteiger partial charge in [0.25, 0.3) is 0 Å². The lowest BCUT2D eigenvalue weighted by molar-refractivity contribution is -0.227. The van der Waals surface area contributed by atoms with Gasteiger partial charge in [-0.3, -0.25) is 4.79 Å². The maximum absolute atomic E-state index is 12.7. The fraction of sp³-hybridized carbons (Fsp3) is 0.750. The van der Waals surface area contributed by atoms with E-state index in [-0.39, 0.29) is 18.9 Å². The van der Waals surface area contributed by atoms with Crippen molar-refractivity contribution in [2.45, 2.75) is 58.3 Å². The first kappa shape index (κ1) is 18.8. The summed E-state index contributed by atoms with van der Waals surface area (Å²) in [5.74, 6) is -2.22. The Kier molecular flexibility index (Phi) is 4.12. The lowest BCUT2D eigenvalue weighted by Gasteiger charge is -2.59. The van der Waals surface area contributed by atoms with Crippen molar-refractivity contribution < 1.29 is 25.2 Å². The number of hydrogen-bond donors (Lipinski definition) is 4. The Morgan fingerprint density at radius 3 is 2.28 bits per heavy atom. The molecule has 5 heteroatoms. The summed E-state index contributed by atoms with van der Waals surface area (Å²) in [6.45, 7) is 9.11. The molecule has 0 amide bonds. The van der Waals surface area contributed by atoms with Gasteiger partial charge in [0.2, 0.25) is 0 Å². The Morgan fingerprint density at radius 2 is 1.72 bits per heavy atom. The molecule has 25 heavy (non-hydrogen) atoms. The SMILES string of the molecule is CC1=C[C@H]2[C@@]3(O)[C@H](C)[C@@H](O)C(C)C(C)(C)[C@@H]3C=C(CO)C[C@]2(O)C1=O. The van der Waals surface area contributed by atoms with Crippen LogP contribution >= 0.6 is 0 Å². The monoisotopic (exact) mass is 350 g/mol. The van der Waals surface area contributed by atoms with E-state index < -0.39 is 46.3 Å². The van der Waals surface area contributed by atoms with Crippen LogP contribution in [0.1, 0.15) is 41.0 Å². The van der Waals surface area contributed by atoms with E-state index in [2.05, 4.69) is 0 Å². The third-order valence-electron chi connectivity index (χ3n) is 7.51. The Labute approximate surface area is 149 Å². The Bertz CT molecular complexity index is 663. The Hall–Kier alpha value is -1.01. The maximum atomic E-state index is 12.7. The van der Waals surface area contributed by atoms with Gasteiger partial charge in [0.15, 0.2) is 5.78 Å². The van der Waals surface area contributed by atoms with Crippen LogP contribution in [0.3, 0.4) is 0 Å². The van der Waals surface area contributed by atoms with Gasteiger partial charge in [-0.25, -0.2) is 0 Å². The van der Waals surface area contributed by atoms with Crippen molar-refractivity contribution in [1.29, 1.82) is 0 Å². The zero-order valence-corrected chi connectivity index (χ0v) is 15.7. The molecule has 0 spiro atoms. The molecule has 0 aromatic heterocycles. The summed E-state index contributed by atoms with van der Waals surface area (Å²) >= 11 is 0. The van der Waals surface area contributed by atoms with E-state index in [1.807, 2.05) is 26.8 Å². The lowest BCUT2D eigenvalue weighted by Crippen LogP contribution is -2.67. The van der Waals surface area contributed by atoms with Crippen molar-refractivity contribution in [3.05, 3.63) is 23.3 Å². The predicted molar refractivity (Wildman–Crippen MR) is 93.5 cm³/mol. The Morgan fingerprint density at radius 1 is 1.12 bits per heavy atom. The number of carbonyl (C=O) groups excluding carboxylic acids is 1. The van der Waals surface area contributed by atoms with Gasteiger partial charge in [-0.05, 0) is 29.4 Å². The number of rotatable bonds is 1. The van der Waals surface area contributed by atoms with Crippen LogP contribution in [0.2, 0.25) is 0 Å². The van der Waals surface area contributed by atoms with Crippen molar-refractivity contribution >= 4 is 5.78 Å². The molecule has 5 nitrogen and oxygen atoms in total. The molecule has 1 unspecified atom stereocenters. The fourth-order valence-corrected chi connectivity index (χ4v) is 5.54. The minimum Gasteiger partial charge on any atom is -0.392 e. The van der Waals surface area contributed by atoms with Crippen molar-refractivity contribution in [3.8, 4) is 0 Å². The van der Waals surface area contributed by atoms with E-state index in [9.17, 15) is 25.2 Å². The highest BCUT2D eigenvalue weighted by Crippen LogP contribution is 2.60. The molecule has 0 heterocycles. The molecule has 0 aliphatic heterocycles. The molecule has 1 fully saturated rings. The molecule has 7 atom stereocenters. The largest absolute Gasteiger partial charge is 0.392 e. The van der Waals surface area contributed by atoms with Gasteiger partial charge in [0.05, 0.1) is 18.3 Å². The van der Waals surface area contributed by atoms with E-state index >= 15 is 0 Å². The summed E-state index contributed by atoms with van der Waals surface area (Å²) in [5.41, 5.74) is -2.73. The molecule has 0 radical (unpaired) electrons. The summed E-state index contributed by atoms with van der Waals surface area (Å²) in [6.07, 6.45) is 2.76. The van der Waals surface area contributed by atoms with E-state index in [1.54, 1.807) is 19.9 Å². The van der Waals surface area contributed by atoms with Gasteiger partial charge in [-0.15, -0.1) is 0 Å². The molecule has 4 N–H and O–H groups in total. The molecule has 0 aromatic rings. The minimum absolute atomic E-state index is 0.00687. The average molecular weight is 350 g/mol. The van der Waals surface area contributed by atoms with Gasteiger partial charge in [0.1, 0.15) is 5.60 Å². The van der Waals surface area contributed by atoms with Gasteiger partial charge in [-0.2, -0.15) is 0 Å². The first-order valence-electron chi connectivity index (χ1n) is 9.08. The lowest BCUT2D eigenvalue weighted by atomic mass is 9.49. The first-order valence-corrected chi connectivity index (χ1v) is 9.08. The molecular formula is C20H30O5. The van der Waals surface area contributed by atoms with Crippen LogP contribution in [0.25, 0.3) is 0 Å². The zero-order valence-electron chi connectivity index (χ0n) is 15.7. The van der Waals surface area contributed by atoms with Crippen LogP contribution in [0.5, 0.6) is 0 Å². The summed E-state index contributed by atoms with van der Waals surface area (Å²) in [7, 11) is 0. The highest BCUT2D eigenvalue weighted by Gasteiger charge is 2.68. The molecule has 3 rings (SSSR count). The summed E-state index contributed by atoms with van der Waals surface area (Å²) in [4.78, 5) is 12.7. The van der Waals surface area contributed by atoms with Crippen LogP contribution in [-0.4, -0.2) is 50.1 Å². The van der Waals surface area contributed by atoms with Crippen LogP contribution in [0, 0.1) is 29.1 Å². The van der Waals surface area contributed by atoms with Crippen LogP contribution in [0.4, 0.5) is 0 Å². The highest BCUT2D eigenvalue weighted by atomic mass is 16.3. The molecule has 1 saturated carbocycles. The van der Waals surface area contributed by atoms with Gasteiger partial charge in [0, 0.05) is 24.2 Å². The number of ketones is 1. The van der Waals surface area contributed by atoms with Gasteiger partial charge < -0.3 is 20.4 Å². The second-order valence-electron chi connectivity index (χ2n) is 8.99. The minimum atomic E-state index is -1.77. The van der Waals surface area contributed by atoms with Crippen molar-refractivity contribution in [2.24, 2.45) is 29.1 Å². The van der Waals surface area contributed by atoms with Crippen LogP contribution in [-0.2, 0) is 4.79 Å². The molecule has 140 valence electrons. The number of fused-ring (bicyclic) bond motifs is 3. The zero-order chi connectivity index (χ0) is 18.9. The quantitative estimate of drug-likeness (QED) is 0.533. The molecule has 0 bridgehead atoms. The topological polar surface area (TPSA) is 98.0 Å². The second-order valence-corrected chi connectivity index (χ2v) is 8.99. The van der Waals surface area contributed by atoms with E-state index in [0.717, 1.165) is 0 Å². The number of Topliss-reactive ketones (excluding diaryl/α,β-unsaturated/α-hetero) is 1. The summed E-state index contributed by atoms with van der Waals surface area (Å²) in [6, 6.07) is 0. The highest BCUT2D eigenvalue weighted by molar-refractivity contribution is 6.04. The smallest absolute Gasteiger partial charge is 0.190 e. The number of aliphatic hydroxyl groups excluding tert-OH is 2. The molecule has 3 aliphatic rings. The van der Waals surface area contributed by atoms with Crippen LogP contribution < -0.4 is 0 Å². The van der Waals surface area contributed by atoms with Crippen molar-refractivity contribution in [2.75, 3.05) is 6.61 Å². The summed E-state index contributed by atoms with van der Waals surface area (Å²) in [5, 5.41) is 43.8. The second kappa shape index (κ2) is 5.49. The predicted octanol–water partition coefficient (Wildman–Crippen LogP) is 1.21. The standard InChI is InChI=1S/C20H30O5/c1-10-6-15-19(24,17(10)23)8-13(9-21)7-14-18(4,5)11(2)16(22)12(3)20(14,15)25/h6-7,11-12,14-16,21-22,24-25H,8-9H2,1-5H3/t11?,12-,14+,15-,16+,19-,20-/m1/s1.